The lowest BCUT2D eigenvalue weighted by molar-refractivity contribution is 0.377. The number of methoxy groups -OCH3 is 1. The second-order valence-corrected chi connectivity index (χ2v) is 5.18. The number of hydrogen-bond acceptors (Lipinski definition) is 2. The van der Waals surface area contributed by atoms with E-state index in [2.05, 4.69) is 12.2 Å². The lowest BCUT2D eigenvalue weighted by Crippen LogP contribution is -2.31. The van der Waals surface area contributed by atoms with Gasteiger partial charge >= 0.3 is 0 Å². The summed E-state index contributed by atoms with van der Waals surface area (Å²) in [6.45, 7) is 2.95. The van der Waals surface area contributed by atoms with Crippen molar-refractivity contribution in [1.29, 1.82) is 0 Å². The zero-order valence-corrected chi connectivity index (χ0v) is 11.2. The van der Waals surface area contributed by atoms with Gasteiger partial charge in [0.05, 0.1) is 7.11 Å². The summed E-state index contributed by atoms with van der Waals surface area (Å²) >= 11 is 0. The van der Waals surface area contributed by atoms with E-state index in [9.17, 15) is 4.39 Å². The largest absolute Gasteiger partial charge is 0.494 e. The Kier molecular flexibility index (Phi) is 4.59. The fourth-order valence-corrected chi connectivity index (χ4v) is 2.72. The maximum absolute atomic E-state index is 13.5. The molecule has 0 aromatic heterocycles. The highest BCUT2D eigenvalue weighted by Crippen LogP contribution is 2.27. The van der Waals surface area contributed by atoms with Gasteiger partial charge in [0.15, 0.2) is 11.6 Å². The number of hydrogen-bond donors (Lipinski definition) is 1. The summed E-state index contributed by atoms with van der Waals surface area (Å²) in [6, 6.07) is 5.66. The third kappa shape index (κ3) is 3.22. The standard InChI is InChI=1S/C15H22FNO/c1-11(13-5-3-4-6-13)17-10-12-7-8-15(18-2)14(16)9-12/h7-9,11,13,17H,3-6,10H2,1-2H3/t11-/m0/s1. The van der Waals surface area contributed by atoms with Crippen molar-refractivity contribution in [2.75, 3.05) is 7.11 Å². The smallest absolute Gasteiger partial charge is 0.165 e. The second kappa shape index (κ2) is 6.19. The molecule has 1 fully saturated rings. The molecule has 2 rings (SSSR count). The molecule has 0 aliphatic heterocycles. The fourth-order valence-electron chi connectivity index (χ4n) is 2.72. The van der Waals surface area contributed by atoms with Crippen LogP contribution in [0.4, 0.5) is 4.39 Å². The van der Waals surface area contributed by atoms with Gasteiger partial charge in [-0.05, 0) is 43.4 Å². The van der Waals surface area contributed by atoms with Gasteiger partial charge < -0.3 is 10.1 Å². The van der Waals surface area contributed by atoms with Gasteiger partial charge in [-0.15, -0.1) is 0 Å². The third-order valence-electron chi connectivity index (χ3n) is 3.95. The molecule has 0 heterocycles. The SMILES string of the molecule is COc1ccc(CN[C@@H](C)C2CCCC2)cc1F. The molecule has 0 radical (unpaired) electrons. The van der Waals surface area contributed by atoms with Crippen molar-refractivity contribution in [3.63, 3.8) is 0 Å². The van der Waals surface area contributed by atoms with Crippen LogP contribution in [0.3, 0.4) is 0 Å². The number of benzene rings is 1. The Morgan fingerprint density at radius 2 is 2.11 bits per heavy atom. The zero-order chi connectivity index (χ0) is 13.0. The lowest BCUT2D eigenvalue weighted by atomic mass is 9.99. The van der Waals surface area contributed by atoms with E-state index in [4.69, 9.17) is 4.74 Å². The molecule has 1 saturated carbocycles. The maximum atomic E-state index is 13.5. The van der Waals surface area contributed by atoms with Crippen molar-refractivity contribution >= 4 is 0 Å². The molecule has 0 spiro atoms. The second-order valence-electron chi connectivity index (χ2n) is 5.18. The van der Waals surface area contributed by atoms with Crippen LogP contribution >= 0.6 is 0 Å². The number of rotatable bonds is 5. The van der Waals surface area contributed by atoms with Gasteiger partial charge in [-0.2, -0.15) is 0 Å². The normalized spacial score (nSPS) is 17.9. The van der Waals surface area contributed by atoms with Crippen LogP contribution in [0.5, 0.6) is 5.75 Å². The minimum atomic E-state index is -0.287. The van der Waals surface area contributed by atoms with Crippen molar-refractivity contribution < 1.29 is 9.13 Å². The predicted molar refractivity (Wildman–Crippen MR) is 71.2 cm³/mol. The first kappa shape index (κ1) is 13.3. The first-order chi connectivity index (χ1) is 8.70. The van der Waals surface area contributed by atoms with Gasteiger partial charge in [-0.3, -0.25) is 0 Å². The Bertz CT molecular complexity index is 388. The number of ether oxygens (including phenoxy) is 1. The van der Waals surface area contributed by atoms with Gasteiger partial charge in [0.25, 0.3) is 0 Å². The van der Waals surface area contributed by atoms with E-state index < -0.39 is 0 Å². The zero-order valence-electron chi connectivity index (χ0n) is 11.2. The molecule has 1 aliphatic rings. The fraction of sp³-hybridized carbons (Fsp3) is 0.600. The predicted octanol–water partition coefficient (Wildman–Crippen LogP) is 3.50. The quantitative estimate of drug-likeness (QED) is 0.864. The summed E-state index contributed by atoms with van der Waals surface area (Å²) < 4.78 is 18.4. The summed E-state index contributed by atoms with van der Waals surface area (Å²) in [5.74, 6) is 0.806. The molecule has 1 aromatic rings. The summed E-state index contributed by atoms with van der Waals surface area (Å²) in [4.78, 5) is 0. The van der Waals surface area contributed by atoms with E-state index in [0.29, 0.717) is 11.8 Å². The van der Waals surface area contributed by atoms with Crippen molar-refractivity contribution in [1.82, 2.24) is 5.32 Å². The van der Waals surface area contributed by atoms with Crippen molar-refractivity contribution in [3.8, 4) is 5.75 Å². The minimum Gasteiger partial charge on any atom is -0.494 e. The average Bonchev–Trinajstić information content (AvgIpc) is 2.90. The van der Waals surface area contributed by atoms with E-state index in [1.807, 2.05) is 6.07 Å². The molecule has 1 N–H and O–H groups in total. The van der Waals surface area contributed by atoms with Gasteiger partial charge in [-0.25, -0.2) is 4.39 Å². The Hall–Kier alpha value is -1.09. The van der Waals surface area contributed by atoms with E-state index >= 15 is 0 Å². The van der Waals surface area contributed by atoms with Crippen molar-refractivity contribution in [2.24, 2.45) is 5.92 Å². The number of halogens is 1. The first-order valence-electron chi connectivity index (χ1n) is 6.76. The van der Waals surface area contributed by atoms with Crippen LogP contribution in [0.2, 0.25) is 0 Å². The Balaban J connectivity index is 1.87. The van der Waals surface area contributed by atoms with E-state index in [-0.39, 0.29) is 5.82 Å². The van der Waals surface area contributed by atoms with Crippen LogP contribution in [-0.2, 0) is 6.54 Å². The van der Waals surface area contributed by atoms with Crippen LogP contribution in [0.1, 0.15) is 38.2 Å². The van der Waals surface area contributed by atoms with Crippen LogP contribution < -0.4 is 10.1 Å². The molecular weight excluding hydrogens is 229 g/mol. The van der Waals surface area contributed by atoms with E-state index in [0.717, 1.165) is 18.0 Å². The highest BCUT2D eigenvalue weighted by Gasteiger charge is 2.20. The van der Waals surface area contributed by atoms with Gasteiger partial charge in [-0.1, -0.05) is 18.9 Å². The van der Waals surface area contributed by atoms with Crippen LogP contribution in [0.15, 0.2) is 18.2 Å². The molecule has 1 aliphatic carbocycles. The van der Waals surface area contributed by atoms with Crippen LogP contribution in [0.25, 0.3) is 0 Å². The molecule has 0 unspecified atom stereocenters. The molecule has 1 atom stereocenters. The molecule has 100 valence electrons. The molecule has 0 saturated heterocycles. The summed E-state index contributed by atoms with van der Waals surface area (Å²) in [7, 11) is 1.48. The summed E-state index contributed by atoms with van der Waals surface area (Å²) in [5.41, 5.74) is 0.971. The lowest BCUT2D eigenvalue weighted by Gasteiger charge is -2.20. The Morgan fingerprint density at radius 1 is 1.39 bits per heavy atom. The Labute approximate surface area is 109 Å². The highest BCUT2D eigenvalue weighted by atomic mass is 19.1. The molecule has 18 heavy (non-hydrogen) atoms. The topological polar surface area (TPSA) is 21.3 Å². The average molecular weight is 251 g/mol. The van der Waals surface area contributed by atoms with E-state index in [1.54, 1.807) is 12.1 Å². The van der Waals surface area contributed by atoms with Gasteiger partial charge in [0.2, 0.25) is 0 Å². The molecular formula is C15H22FNO. The minimum absolute atomic E-state index is 0.287. The van der Waals surface area contributed by atoms with Crippen molar-refractivity contribution in [3.05, 3.63) is 29.6 Å². The molecule has 0 bridgehead atoms. The monoisotopic (exact) mass is 251 g/mol. The highest BCUT2D eigenvalue weighted by molar-refractivity contribution is 5.29. The van der Waals surface area contributed by atoms with Crippen LogP contribution in [-0.4, -0.2) is 13.2 Å². The van der Waals surface area contributed by atoms with Crippen LogP contribution in [0, 0.1) is 11.7 Å². The molecule has 1 aromatic carbocycles. The van der Waals surface area contributed by atoms with Crippen molar-refractivity contribution in [2.45, 2.75) is 45.2 Å². The van der Waals surface area contributed by atoms with E-state index in [1.165, 1.54) is 32.8 Å². The third-order valence-corrected chi connectivity index (χ3v) is 3.95. The van der Waals surface area contributed by atoms with Gasteiger partial charge in [0, 0.05) is 12.6 Å². The first-order valence-corrected chi connectivity index (χ1v) is 6.76. The maximum Gasteiger partial charge on any atom is 0.165 e. The molecule has 2 nitrogen and oxygen atoms in total. The summed E-state index contributed by atoms with van der Waals surface area (Å²) in [6.07, 6.45) is 5.36. The molecule has 3 heteroatoms. The summed E-state index contributed by atoms with van der Waals surface area (Å²) in [5, 5.41) is 3.50. The van der Waals surface area contributed by atoms with Gasteiger partial charge in [0.1, 0.15) is 0 Å². The number of nitrogens with one attached hydrogen (secondary N) is 1. The molecule has 0 amide bonds. The Morgan fingerprint density at radius 3 is 2.72 bits per heavy atom.